The SMILES string of the molecule is CCCNC(=O)CNc1cccc2nccn12. The molecule has 2 heterocycles. The maximum atomic E-state index is 11.5. The summed E-state index contributed by atoms with van der Waals surface area (Å²) in [6.45, 7) is 3.02. The molecule has 0 aliphatic carbocycles. The van der Waals surface area contributed by atoms with E-state index in [0.29, 0.717) is 0 Å². The third-order valence-corrected chi connectivity index (χ3v) is 2.43. The van der Waals surface area contributed by atoms with Gasteiger partial charge in [-0.25, -0.2) is 4.98 Å². The lowest BCUT2D eigenvalue weighted by molar-refractivity contribution is -0.119. The summed E-state index contributed by atoms with van der Waals surface area (Å²) in [5.41, 5.74) is 0.865. The van der Waals surface area contributed by atoms with Crippen LogP contribution in [-0.2, 0) is 4.79 Å². The van der Waals surface area contributed by atoms with Gasteiger partial charge in [-0.15, -0.1) is 0 Å². The molecule has 0 bridgehead atoms. The molecular weight excluding hydrogens is 216 g/mol. The zero-order valence-corrected chi connectivity index (χ0v) is 9.81. The third-order valence-electron chi connectivity index (χ3n) is 2.43. The number of imidazole rings is 1. The van der Waals surface area contributed by atoms with Gasteiger partial charge in [0.2, 0.25) is 5.91 Å². The molecule has 5 heteroatoms. The van der Waals surface area contributed by atoms with E-state index in [1.165, 1.54) is 0 Å². The van der Waals surface area contributed by atoms with Gasteiger partial charge in [0.25, 0.3) is 0 Å². The standard InChI is InChI=1S/C12H16N4O/c1-2-6-14-12(17)9-15-11-5-3-4-10-13-7-8-16(10)11/h3-5,7-8,15H,2,6,9H2,1H3,(H,14,17). The maximum Gasteiger partial charge on any atom is 0.239 e. The molecule has 0 spiro atoms. The van der Waals surface area contributed by atoms with Gasteiger partial charge in [-0.3, -0.25) is 9.20 Å². The summed E-state index contributed by atoms with van der Waals surface area (Å²) >= 11 is 0. The number of aromatic nitrogens is 2. The van der Waals surface area contributed by atoms with E-state index in [4.69, 9.17) is 0 Å². The zero-order chi connectivity index (χ0) is 12.1. The van der Waals surface area contributed by atoms with Crippen LogP contribution in [0.1, 0.15) is 13.3 Å². The molecule has 0 saturated carbocycles. The number of rotatable bonds is 5. The highest BCUT2D eigenvalue weighted by atomic mass is 16.1. The van der Waals surface area contributed by atoms with Crippen LogP contribution >= 0.6 is 0 Å². The Morgan fingerprint density at radius 1 is 1.47 bits per heavy atom. The lowest BCUT2D eigenvalue weighted by atomic mass is 10.4. The predicted molar refractivity (Wildman–Crippen MR) is 67.0 cm³/mol. The number of nitrogens with zero attached hydrogens (tertiary/aromatic N) is 2. The van der Waals surface area contributed by atoms with Crippen molar-refractivity contribution in [2.45, 2.75) is 13.3 Å². The van der Waals surface area contributed by atoms with Gasteiger partial charge in [-0.05, 0) is 18.6 Å². The number of pyridine rings is 1. The Labute approximate surface area is 99.9 Å². The molecule has 0 aromatic carbocycles. The molecule has 0 aliphatic heterocycles. The number of fused-ring (bicyclic) bond motifs is 1. The van der Waals surface area contributed by atoms with E-state index in [9.17, 15) is 4.79 Å². The van der Waals surface area contributed by atoms with Crippen LogP contribution in [0.5, 0.6) is 0 Å². The highest BCUT2D eigenvalue weighted by molar-refractivity contribution is 5.80. The summed E-state index contributed by atoms with van der Waals surface area (Å²) in [5.74, 6) is 0.871. The van der Waals surface area contributed by atoms with E-state index in [0.717, 1.165) is 24.4 Å². The van der Waals surface area contributed by atoms with Crippen molar-refractivity contribution in [3.8, 4) is 0 Å². The third kappa shape index (κ3) is 2.75. The first-order valence-corrected chi connectivity index (χ1v) is 5.74. The summed E-state index contributed by atoms with van der Waals surface area (Å²) in [6.07, 6.45) is 4.54. The van der Waals surface area contributed by atoms with E-state index >= 15 is 0 Å². The normalized spacial score (nSPS) is 10.4. The van der Waals surface area contributed by atoms with Crippen LogP contribution in [0.3, 0.4) is 0 Å². The average molecular weight is 232 g/mol. The lowest BCUT2D eigenvalue weighted by Gasteiger charge is -2.08. The lowest BCUT2D eigenvalue weighted by Crippen LogP contribution is -2.30. The Morgan fingerprint density at radius 2 is 2.35 bits per heavy atom. The number of nitrogens with one attached hydrogen (secondary N) is 2. The van der Waals surface area contributed by atoms with Crippen molar-refractivity contribution in [1.82, 2.24) is 14.7 Å². The topological polar surface area (TPSA) is 58.4 Å². The molecule has 0 saturated heterocycles. The summed E-state index contributed by atoms with van der Waals surface area (Å²) in [7, 11) is 0. The van der Waals surface area contributed by atoms with Crippen molar-refractivity contribution < 1.29 is 4.79 Å². The first-order valence-electron chi connectivity index (χ1n) is 5.74. The van der Waals surface area contributed by atoms with Gasteiger partial charge in [0.1, 0.15) is 11.5 Å². The van der Waals surface area contributed by atoms with E-state index in [2.05, 4.69) is 15.6 Å². The summed E-state index contributed by atoms with van der Waals surface area (Å²) < 4.78 is 1.91. The maximum absolute atomic E-state index is 11.5. The summed E-state index contributed by atoms with van der Waals surface area (Å²) in [6, 6.07) is 5.75. The van der Waals surface area contributed by atoms with Crippen LogP contribution in [0.15, 0.2) is 30.6 Å². The molecule has 0 radical (unpaired) electrons. The van der Waals surface area contributed by atoms with Gasteiger partial charge >= 0.3 is 0 Å². The molecule has 2 rings (SSSR count). The molecule has 2 aromatic rings. The van der Waals surface area contributed by atoms with Crippen molar-refractivity contribution in [2.75, 3.05) is 18.4 Å². The van der Waals surface area contributed by atoms with Gasteiger partial charge in [0.15, 0.2) is 0 Å². The minimum absolute atomic E-state index is 0.00367. The molecule has 90 valence electrons. The quantitative estimate of drug-likeness (QED) is 0.816. The molecule has 0 aliphatic rings. The van der Waals surface area contributed by atoms with Crippen LogP contribution in [0.2, 0.25) is 0 Å². The van der Waals surface area contributed by atoms with Crippen LogP contribution in [-0.4, -0.2) is 28.4 Å². The van der Waals surface area contributed by atoms with Crippen LogP contribution in [0, 0.1) is 0 Å². The molecule has 0 unspecified atom stereocenters. The van der Waals surface area contributed by atoms with Crippen molar-refractivity contribution in [1.29, 1.82) is 0 Å². The second kappa shape index (κ2) is 5.34. The Balaban J connectivity index is 1.99. The minimum Gasteiger partial charge on any atom is -0.362 e. The Hall–Kier alpha value is -2.04. The molecular formula is C12H16N4O. The molecule has 17 heavy (non-hydrogen) atoms. The largest absolute Gasteiger partial charge is 0.362 e. The van der Waals surface area contributed by atoms with Gasteiger partial charge in [-0.1, -0.05) is 13.0 Å². The first kappa shape index (κ1) is 11.4. The van der Waals surface area contributed by atoms with Crippen molar-refractivity contribution >= 4 is 17.4 Å². The Kier molecular flexibility index (Phi) is 3.59. The molecule has 5 nitrogen and oxygen atoms in total. The molecule has 0 fully saturated rings. The van der Waals surface area contributed by atoms with Crippen molar-refractivity contribution in [2.24, 2.45) is 0 Å². The van der Waals surface area contributed by atoms with E-state index in [1.807, 2.05) is 35.7 Å². The highest BCUT2D eigenvalue weighted by Gasteiger charge is 2.02. The summed E-state index contributed by atoms with van der Waals surface area (Å²) in [4.78, 5) is 15.6. The number of hydrogen-bond acceptors (Lipinski definition) is 3. The number of hydrogen-bond donors (Lipinski definition) is 2. The molecule has 2 aromatic heterocycles. The van der Waals surface area contributed by atoms with E-state index in [-0.39, 0.29) is 12.5 Å². The van der Waals surface area contributed by atoms with E-state index < -0.39 is 0 Å². The minimum atomic E-state index is 0.00367. The average Bonchev–Trinajstić information content (AvgIpc) is 2.82. The second-order valence-electron chi connectivity index (χ2n) is 3.77. The molecule has 0 atom stereocenters. The molecule has 2 N–H and O–H groups in total. The van der Waals surface area contributed by atoms with Crippen molar-refractivity contribution in [3.05, 3.63) is 30.6 Å². The number of carbonyl (C=O) groups excluding carboxylic acids is 1. The fraction of sp³-hybridized carbons (Fsp3) is 0.333. The van der Waals surface area contributed by atoms with Gasteiger partial charge in [0, 0.05) is 18.9 Å². The van der Waals surface area contributed by atoms with Gasteiger partial charge < -0.3 is 10.6 Å². The highest BCUT2D eigenvalue weighted by Crippen LogP contribution is 2.10. The fourth-order valence-electron chi connectivity index (χ4n) is 1.59. The first-order chi connectivity index (χ1) is 8.31. The van der Waals surface area contributed by atoms with Crippen LogP contribution in [0.4, 0.5) is 5.82 Å². The van der Waals surface area contributed by atoms with Crippen molar-refractivity contribution in [3.63, 3.8) is 0 Å². The number of anilines is 1. The van der Waals surface area contributed by atoms with E-state index in [1.54, 1.807) is 6.20 Å². The number of amides is 1. The fourth-order valence-corrected chi connectivity index (χ4v) is 1.59. The Bertz CT molecular complexity index is 506. The monoisotopic (exact) mass is 232 g/mol. The Morgan fingerprint density at radius 3 is 3.18 bits per heavy atom. The smallest absolute Gasteiger partial charge is 0.239 e. The van der Waals surface area contributed by atoms with Gasteiger partial charge in [-0.2, -0.15) is 0 Å². The predicted octanol–water partition coefficient (Wildman–Crippen LogP) is 1.27. The van der Waals surface area contributed by atoms with Crippen LogP contribution in [0.25, 0.3) is 5.65 Å². The number of carbonyl (C=O) groups is 1. The summed E-state index contributed by atoms with van der Waals surface area (Å²) in [5, 5.41) is 5.91. The van der Waals surface area contributed by atoms with Gasteiger partial charge in [0.05, 0.1) is 6.54 Å². The zero-order valence-electron chi connectivity index (χ0n) is 9.81. The van der Waals surface area contributed by atoms with Crippen LogP contribution < -0.4 is 10.6 Å². The molecule has 1 amide bonds. The second-order valence-corrected chi connectivity index (χ2v) is 3.77.